The highest BCUT2D eigenvalue weighted by Gasteiger charge is 2.47. The highest BCUT2D eigenvalue weighted by Crippen LogP contribution is 2.32. The van der Waals surface area contributed by atoms with Crippen molar-refractivity contribution in [3.63, 3.8) is 0 Å². The summed E-state index contributed by atoms with van der Waals surface area (Å²) in [5.74, 6) is -3.96. The van der Waals surface area contributed by atoms with E-state index in [9.17, 15) is 36.9 Å². The van der Waals surface area contributed by atoms with Crippen LogP contribution in [0.2, 0.25) is 0 Å². The van der Waals surface area contributed by atoms with Crippen LogP contribution in [0.1, 0.15) is 6.04 Å². The molecule has 0 bridgehead atoms. The molecule has 3 aromatic rings. The van der Waals surface area contributed by atoms with Gasteiger partial charge in [0.1, 0.15) is 42.0 Å². The molecule has 4 rings (SSSR count). The lowest BCUT2D eigenvalue weighted by molar-refractivity contribution is -0.198. The van der Waals surface area contributed by atoms with E-state index in [0.29, 0.717) is 17.7 Å². The van der Waals surface area contributed by atoms with Crippen LogP contribution < -0.4 is 0 Å². The second-order valence-corrected chi connectivity index (χ2v) is 9.85. The summed E-state index contributed by atoms with van der Waals surface area (Å²) in [5, 5.41) is 38.9. The van der Waals surface area contributed by atoms with Gasteiger partial charge in [0.05, 0.1) is 23.5 Å². The topological polar surface area (TPSA) is 135 Å². The van der Waals surface area contributed by atoms with Crippen LogP contribution in [0.3, 0.4) is 0 Å². The van der Waals surface area contributed by atoms with Gasteiger partial charge in [0.2, 0.25) is 0 Å². The van der Waals surface area contributed by atoms with Crippen molar-refractivity contribution >= 4 is 9.84 Å². The van der Waals surface area contributed by atoms with E-state index < -0.39 is 75.0 Å². The Balaban J connectivity index is 1.63. The molecule has 182 valence electrons. The summed E-state index contributed by atoms with van der Waals surface area (Å²) in [4.78, 5) is -0.528. The van der Waals surface area contributed by atoms with E-state index in [-0.39, 0.29) is 5.69 Å². The van der Waals surface area contributed by atoms with E-state index in [0.717, 1.165) is 10.7 Å². The quantitative estimate of drug-likeness (QED) is 0.425. The van der Waals surface area contributed by atoms with Gasteiger partial charge < -0.3 is 20.1 Å². The van der Waals surface area contributed by atoms with Gasteiger partial charge in [-0.1, -0.05) is 17.3 Å². The van der Waals surface area contributed by atoms with E-state index in [1.165, 1.54) is 24.4 Å². The monoisotopic (exact) mass is 499 g/mol. The van der Waals surface area contributed by atoms with Crippen LogP contribution in [0.4, 0.5) is 13.2 Å². The van der Waals surface area contributed by atoms with Crippen molar-refractivity contribution in [1.82, 2.24) is 15.0 Å². The number of benzene rings is 2. The lowest BCUT2D eigenvalue weighted by Crippen LogP contribution is -2.57. The molecule has 2 aromatic carbocycles. The highest BCUT2D eigenvalue weighted by atomic mass is 32.2. The van der Waals surface area contributed by atoms with Gasteiger partial charge >= 0.3 is 0 Å². The first kappa shape index (κ1) is 24.3. The average molecular weight is 499 g/mol. The molecule has 1 saturated heterocycles. The fraction of sp³-hybridized carbons (Fsp3) is 0.333. The normalized spacial score (nSPS) is 25.4. The van der Waals surface area contributed by atoms with Crippen molar-refractivity contribution in [1.29, 1.82) is 0 Å². The van der Waals surface area contributed by atoms with E-state index >= 15 is 0 Å². The molecular weight excluding hydrogens is 479 g/mol. The van der Waals surface area contributed by atoms with E-state index in [2.05, 4.69) is 10.3 Å². The van der Waals surface area contributed by atoms with Crippen LogP contribution in [-0.2, 0) is 14.6 Å². The van der Waals surface area contributed by atoms with E-state index in [4.69, 9.17) is 4.74 Å². The van der Waals surface area contributed by atoms with Crippen LogP contribution in [0.5, 0.6) is 0 Å². The molecular formula is C21H20F3N3O6S. The maximum absolute atomic E-state index is 13.6. The van der Waals surface area contributed by atoms with Crippen LogP contribution >= 0.6 is 0 Å². The molecule has 9 nitrogen and oxygen atoms in total. The number of aliphatic hydroxyl groups is 3. The predicted molar refractivity (Wildman–Crippen MR) is 111 cm³/mol. The number of hydrogen-bond donors (Lipinski definition) is 3. The van der Waals surface area contributed by atoms with Crippen molar-refractivity contribution in [2.75, 3.05) is 12.4 Å². The Kier molecular flexibility index (Phi) is 6.73. The van der Waals surface area contributed by atoms with Crippen LogP contribution in [0.15, 0.2) is 53.6 Å². The first-order valence-electron chi connectivity index (χ1n) is 10.1. The molecule has 34 heavy (non-hydrogen) atoms. The molecule has 0 spiro atoms. The number of nitrogens with zero attached hydrogens (tertiary/aromatic N) is 3. The molecule has 1 fully saturated rings. The molecule has 2 heterocycles. The molecule has 1 aliphatic heterocycles. The maximum atomic E-state index is 13.6. The number of aliphatic hydroxyl groups excluding tert-OH is 3. The zero-order chi connectivity index (χ0) is 24.6. The van der Waals surface area contributed by atoms with Gasteiger partial charge in [0.15, 0.2) is 21.5 Å². The Labute approximate surface area is 192 Å². The summed E-state index contributed by atoms with van der Waals surface area (Å²) in [6.45, 7) is -0.711. The summed E-state index contributed by atoms with van der Waals surface area (Å²) in [6.07, 6.45) is -4.60. The van der Waals surface area contributed by atoms with E-state index in [1.54, 1.807) is 6.07 Å². The smallest absolute Gasteiger partial charge is 0.181 e. The Morgan fingerprint density at radius 2 is 1.74 bits per heavy atom. The Morgan fingerprint density at radius 1 is 1.00 bits per heavy atom. The van der Waals surface area contributed by atoms with Crippen molar-refractivity contribution in [2.45, 2.75) is 35.4 Å². The van der Waals surface area contributed by atoms with Gasteiger partial charge in [-0.05, 0) is 30.3 Å². The Bertz CT molecular complexity index is 1290. The van der Waals surface area contributed by atoms with E-state index in [1.807, 2.05) is 0 Å². The number of sulfone groups is 1. The van der Waals surface area contributed by atoms with Gasteiger partial charge in [-0.2, -0.15) is 0 Å². The van der Waals surface area contributed by atoms with Crippen LogP contribution in [0.25, 0.3) is 11.3 Å². The molecule has 1 aliphatic rings. The summed E-state index contributed by atoms with van der Waals surface area (Å²) >= 11 is 0. The fourth-order valence-electron chi connectivity index (χ4n) is 3.81. The van der Waals surface area contributed by atoms with Gasteiger partial charge in [0.25, 0.3) is 0 Å². The summed E-state index contributed by atoms with van der Waals surface area (Å²) < 4.78 is 72.4. The Hall–Kier alpha value is -2.84. The largest absolute Gasteiger partial charge is 0.394 e. The van der Waals surface area contributed by atoms with Gasteiger partial charge in [0, 0.05) is 5.56 Å². The zero-order valence-electron chi connectivity index (χ0n) is 17.4. The van der Waals surface area contributed by atoms with Crippen molar-refractivity contribution in [3.8, 4) is 11.3 Å². The fourth-order valence-corrected chi connectivity index (χ4v) is 5.27. The van der Waals surface area contributed by atoms with Gasteiger partial charge in [-0.15, -0.1) is 5.10 Å². The number of hydrogen-bond acceptors (Lipinski definition) is 8. The first-order valence-corrected chi connectivity index (χ1v) is 11.7. The van der Waals surface area contributed by atoms with Crippen molar-refractivity contribution in [2.24, 2.45) is 0 Å². The van der Waals surface area contributed by atoms with Gasteiger partial charge in [-0.3, -0.25) is 0 Å². The Morgan fingerprint density at radius 3 is 2.41 bits per heavy atom. The summed E-state index contributed by atoms with van der Waals surface area (Å²) in [7, 11) is -4.27. The minimum atomic E-state index is -4.27. The molecule has 0 amide bonds. The number of halogens is 3. The molecule has 3 N–H and O–H groups in total. The number of rotatable bonds is 6. The van der Waals surface area contributed by atoms with Gasteiger partial charge in [-0.25, -0.2) is 26.3 Å². The molecule has 5 atom stereocenters. The molecule has 13 heteroatoms. The molecule has 0 saturated carbocycles. The minimum absolute atomic E-state index is 0.219. The third kappa shape index (κ3) is 4.70. The molecule has 0 radical (unpaired) electrons. The summed E-state index contributed by atoms with van der Waals surface area (Å²) in [5.41, 5.74) is 0.593. The lowest BCUT2D eigenvalue weighted by atomic mass is 9.93. The average Bonchev–Trinajstić information content (AvgIpc) is 3.27. The maximum Gasteiger partial charge on any atom is 0.181 e. The van der Waals surface area contributed by atoms with Crippen molar-refractivity contribution in [3.05, 3.63) is 66.1 Å². The second kappa shape index (κ2) is 9.43. The van der Waals surface area contributed by atoms with Crippen LogP contribution in [0, 0.1) is 17.5 Å². The predicted octanol–water partition coefficient (Wildman–Crippen LogP) is 0.859. The molecule has 0 aliphatic carbocycles. The third-order valence-corrected chi connectivity index (χ3v) is 7.30. The molecule has 1 aromatic heterocycles. The second-order valence-electron chi connectivity index (χ2n) is 7.82. The summed E-state index contributed by atoms with van der Waals surface area (Å²) in [6, 6.07) is 6.24. The van der Waals surface area contributed by atoms with Crippen LogP contribution in [-0.4, -0.2) is 75.5 Å². The lowest BCUT2D eigenvalue weighted by Gasteiger charge is -2.42. The minimum Gasteiger partial charge on any atom is -0.394 e. The highest BCUT2D eigenvalue weighted by molar-refractivity contribution is 7.91. The number of aromatic nitrogens is 3. The SMILES string of the molecule is O=S(=O)(C[C@@H]1OC(CO)[C@H](O)[C@H](n2cc(-c3cccc(F)c3)nn2)C1O)c1ccc(F)c(F)c1. The zero-order valence-corrected chi connectivity index (χ0v) is 18.2. The standard InChI is InChI=1S/C21H20F3N3O6S/c22-12-3-1-2-11(6-12)16-8-27(26-25-16)19-20(29)17(9-28)33-18(21(19)30)10-34(31,32)13-4-5-14(23)15(24)7-13/h1-8,17-21,28-30H,9-10H2/t17?,18-,19-,20-,21?/m0/s1. The molecule has 2 unspecified atom stereocenters. The third-order valence-electron chi connectivity index (χ3n) is 5.56. The first-order chi connectivity index (χ1) is 16.1. The number of ether oxygens (including phenoxy) is 1. The van der Waals surface area contributed by atoms with Crippen molar-refractivity contribution < 1.29 is 41.6 Å².